The molecule has 21 heavy (non-hydrogen) atoms. The number of hydrogen-bond donors (Lipinski definition) is 1. The minimum atomic E-state index is -0.676. The Morgan fingerprint density at radius 3 is 2.71 bits per heavy atom. The number of rotatable bonds is 5. The highest BCUT2D eigenvalue weighted by atomic mass is 16.5. The maximum Gasteiger partial charge on any atom is 0.331 e. The summed E-state index contributed by atoms with van der Waals surface area (Å²) in [6, 6.07) is 8.09. The Kier molecular flexibility index (Phi) is 5.23. The molecule has 116 valence electrons. The van der Waals surface area contributed by atoms with Crippen molar-refractivity contribution in [2.45, 2.75) is 51.2 Å². The molecule has 0 aromatic heterocycles. The SMILES string of the molecule is CCOC(=O)C1(Nc2ccc(C)cc2)CCCC(OC)C1. The van der Waals surface area contributed by atoms with Crippen molar-refractivity contribution in [3.63, 3.8) is 0 Å². The van der Waals surface area contributed by atoms with E-state index in [9.17, 15) is 4.79 Å². The van der Waals surface area contributed by atoms with E-state index in [0.29, 0.717) is 13.0 Å². The molecule has 0 amide bonds. The van der Waals surface area contributed by atoms with Crippen LogP contribution in [-0.4, -0.2) is 31.3 Å². The Morgan fingerprint density at radius 2 is 2.10 bits per heavy atom. The second kappa shape index (κ2) is 6.94. The van der Waals surface area contributed by atoms with Crippen LogP contribution >= 0.6 is 0 Å². The predicted octanol–water partition coefficient (Wildman–Crippen LogP) is 3.30. The number of hydrogen-bond acceptors (Lipinski definition) is 4. The molecule has 2 unspecified atom stereocenters. The van der Waals surface area contributed by atoms with Crippen molar-refractivity contribution < 1.29 is 14.3 Å². The van der Waals surface area contributed by atoms with Crippen molar-refractivity contribution in [3.8, 4) is 0 Å². The van der Waals surface area contributed by atoms with Crippen LogP contribution in [0.4, 0.5) is 5.69 Å². The second-order valence-corrected chi connectivity index (χ2v) is 5.75. The Hall–Kier alpha value is -1.55. The molecule has 2 rings (SSSR count). The lowest BCUT2D eigenvalue weighted by Crippen LogP contribution is -2.52. The Balaban J connectivity index is 2.22. The smallest absolute Gasteiger partial charge is 0.331 e. The van der Waals surface area contributed by atoms with Crippen molar-refractivity contribution in [1.29, 1.82) is 0 Å². The summed E-state index contributed by atoms with van der Waals surface area (Å²) in [6.07, 6.45) is 3.47. The van der Waals surface area contributed by atoms with E-state index in [1.807, 2.05) is 38.1 Å². The van der Waals surface area contributed by atoms with Crippen molar-refractivity contribution in [2.24, 2.45) is 0 Å². The average Bonchev–Trinajstić information content (AvgIpc) is 2.50. The van der Waals surface area contributed by atoms with E-state index >= 15 is 0 Å². The van der Waals surface area contributed by atoms with E-state index in [1.54, 1.807) is 7.11 Å². The van der Waals surface area contributed by atoms with Gasteiger partial charge in [-0.2, -0.15) is 0 Å². The molecule has 0 bridgehead atoms. The van der Waals surface area contributed by atoms with Gasteiger partial charge in [0.15, 0.2) is 0 Å². The van der Waals surface area contributed by atoms with E-state index in [0.717, 1.165) is 24.9 Å². The first kappa shape index (κ1) is 15.8. The minimum Gasteiger partial charge on any atom is -0.464 e. The summed E-state index contributed by atoms with van der Waals surface area (Å²) in [7, 11) is 1.71. The van der Waals surface area contributed by atoms with Gasteiger partial charge in [-0.15, -0.1) is 0 Å². The fourth-order valence-corrected chi connectivity index (χ4v) is 2.96. The molecule has 1 aromatic carbocycles. The van der Waals surface area contributed by atoms with E-state index in [2.05, 4.69) is 5.32 Å². The minimum absolute atomic E-state index is 0.0982. The maximum atomic E-state index is 12.5. The fraction of sp³-hybridized carbons (Fsp3) is 0.588. The fourth-order valence-electron chi connectivity index (χ4n) is 2.96. The van der Waals surface area contributed by atoms with Gasteiger partial charge in [0.25, 0.3) is 0 Å². The highest BCUT2D eigenvalue weighted by Crippen LogP contribution is 2.34. The predicted molar refractivity (Wildman–Crippen MR) is 83.4 cm³/mol. The molecule has 4 nitrogen and oxygen atoms in total. The Bertz CT molecular complexity index is 471. The van der Waals surface area contributed by atoms with Crippen LogP contribution in [0.15, 0.2) is 24.3 Å². The van der Waals surface area contributed by atoms with E-state index < -0.39 is 5.54 Å². The lowest BCUT2D eigenvalue weighted by Gasteiger charge is -2.39. The number of anilines is 1. The van der Waals surface area contributed by atoms with Crippen LogP contribution < -0.4 is 5.32 Å². The van der Waals surface area contributed by atoms with Gasteiger partial charge in [-0.3, -0.25) is 0 Å². The molecular weight excluding hydrogens is 266 g/mol. The largest absolute Gasteiger partial charge is 0.464 e. The number of nitrogens with one attached hydrogen (secondary N) is 1. The zero-order valence-electron chi connectivity index (χ0n) is 13.1. The van der Waals surface area contributed by atoms with Crippen LogP contribution in [-0.2, 0) is 14.3 Å². The molecule has 1 aliphatic carbocycles. The molecule has 4 heteroatoms. The van der Waals surface area contributed by atoms with Gasteiger partial charge < -0.3 is 14.8 Å². The van der Waals surface area contributed by atoms with Crippen LogP contribution in [0.3, 0.4) is 0 Å². The van der Waals surface area contributed by atoms with Gasteiger partial charge in [0, 0.05) is 19.2 Å². The van der Waals surface area contributed by atoms with Gasteiger partial charge in [-0.05, 0) is 45.2 Å². The number of methoxy groups -OCH3 is 1. The zero-order chi connectivity index (χ0) is 15.3. The van der Waals surface area contributed by atoms with Gasteiger partial charge in [0.2, 0.25) is 0 Å². The summed E-state index contributed by atoms with van der Waals surface area (Å²) in [5.74, 6) is -0.174. The molecule has 1 aliphatic rings. The van der Waals surface area contributed by atoms with Gasteiger partial charge in [0.05, 0.1) is 12.7 Å². The topological polar surface area (TPSA) is 47.6 Å². The summed E-state index contributed by atoms with van der Waals surface area (Å²) in [4.78, 5) is 12.5. The number of esters is 1. The molecular formula is C17H25NO3. The quantitative estimate of drug-likeness (QED) is 0.846. The second-order valence-electron chi connectivity index (χ2n) is 5.75. The molecule has 0 aliphatic heterocycles. The number of aryl methyl sites for hydroxylation is 1. The van der Waals surface area contributed by atoms with Crippen molar-refractivity contribution >= 4 is 11.7 Å². The van der Waals surface area contributed by atoms with E-state index in [1.165, 1.54) is 5.56 Å². The van der Waals surface area contributed by atoms with Crippen LogP contribution in [0, 0.1) is 6.92 Å². The average molecular weight is 291 g/mol. The van der Waals surface area contributed by atoms with Crippen LogP contribution in [0.1, 0.15) is 38.2 Å². The highest BCUT2D eigenvalue weighted by molar-refractivity contribution is 5.85. The Morgan fingerprint density at radius 1 is 1.38 bits per heavy atom. The van der Waals surface area contributed by atoms with E-state index in [-0.39, 0.29) is 12.1 Å². The third kappa shape index (κ3) is 3.76. The molecule has 0 saturated heterocycles. The van der Waals surface area contributed by atoms with Gasteiger partial charge in [-0.1, -0.05) is 17.7 Å². The molecule has 0 radical (unpaired) electrons. The van der Waals surface area contributed by atoms with Crippen molar-refractivity contribution in [3.05, 3.63) is 29.8 Å². The van der Waals surface area contributed by atoms with Crippen LogP contribution in [0.2, 0.25) is 0 Å². The first-order valence-corrected chi connectivity index (χ1v) is 7.64. The highest BCUT2D eigenvalue weighted by Gasteiger charge is 2.44. The summed E-state index contributed by atoms with van der Waals surface area (Å²) in [6.45, 7) is 4.29. The number of ether oxygens (including phenoxy) is 2. The van der Waals surface area contributed by atoms with Gasteiger partial charge in [0.1, 0.15) is 5.54 Å². The molecule has 0 spiro atoms. The normalized spacial score (nSPS) is 25.4. The number of benzene rings is 1. The molecule has 2 atom stereocenters. The Labute approximate surface area is 126 Å². The maximum absolute atomic E-state index is 12.5. The zero-order valence-corrected chi connectivity index (χ0v) is 13.1. The third-order valence-electron chi connectivity index (χ3n) is 4.14. The molecule has 1 saturated carbocycles. The molecule has 1 fully saturated rings. The van der Waals surface area contributed by atoms with Gasteiger partial charge in [-0.25, -0.2) is 4.79 Å². The first-order valence-electron chi connectivity index (χ1n) is 7.64. The molecule has 1 N–H and O–H groups in total. The number of carbonyl (C=O) groups excluding carboxylic acids is 1. The van der Waals surface area contributed by atoms with E-state index in [4.69, 9.17) is 9.47 Å². The van der Waals surface area contributed by atoms with Crippen LogP contribution in [0.5, 0.6) is 0 Å². The summed E-state index contributed by atoms with van der Waals surface area (Å²) in [5, 5.41) is 3.42. The summed E-state index contributed by atoms with van der Waals surface area (Å²) >= 11 is 0. The van der Waals surface area contributed by atoms with Crippen LogP contribution in [0.25, 0.3) is 0 Å². The lowest BCUT2D eigenvalue weighted by atomic mass is 9.79. The van der Waals surface area contributed by atoms with Crippen molar-refractivity contribution in [2.75, 3.05) is 19.0 Å². The molecule has 1 aromatic rings. The lowest BCUT2D eigenvalue weighted by molar-refractivity contribution is -0.151. The monoisotopic (exact) mass is 291 g/mol. The number of carbonyl (C=O) groups is 1. The standard InChI is InChI=1S/C17H25NO3/c1-4-21-16(19)17(11-5-6-15(12-17)20-3)18-14-9-7-13(2)8-10-14/h7-10,15,18H,4-6,11-12H2,1-3H3. The van der Waals surface area contributed by atoms with Gasteiger partial charge >= 0.3 is 5.97 Å². The third-order valence-corrected chi connectivity index (χ3v) is 4.14. The summed E-state index contributed by atoms with van der Waals surface area (Å²) in [5.41, 5.74) is 1.47. The van der Waals surface area contributed by atoms with Crippen molar-refractivity contribution in [1.82, 2.24) is 0 Å². The summed E-state index contributed by atoms with van der Waals surface area (Å²) < 4.78 is 10.8. The molecule has 0 heterocycles. The first-order chi connectivity index (χ1) is 10.1.